The fourth-order valence-electron chi connectivity index (χ4n) is 3.65. The minimum absolute atomic E-state index is 0.225. The molecule has 3 aromatic carbocycles. The fraction of sp³-hybridized carbons (Fsp3) is 0.276. The molecule has 7 heteroatoms. The summed E-state index contributed by atoms with van der Waals surface area (Å²) in [5, 5.41) is 18.9. The van der Waals surface area contributed by atoms with Crippen LogP contribution in [0.15, 0.2) is 66.7 Å². The highest BCUT2D eigenvalue weighted by Crippen LogP contribution is 2.28. The van der Waals surface area contributed by atoms with Crippen molar-refractivity contribution in [1.82, 2.24) is 15.0 Å². The highest BCUT2D eigenvalue weighted by atomic mass is 16.5. The smallest absolute Gasteiger partial charge is 0.164 e. The number of hydrogen-bond acceptors (Lipinski definition) is 7. The third-order valence-corrected chi connectivity index (χ3v) is 5.47. The van der Waals surface area contributed by atoms with E-state index in [9.17, 15) is 10.2 Å². The van der Waals surface area contributed by atoms with Gasteiger partial charge >= 0.3 is 0 Å². The van der Waals surface area contributed by atoms with Crippen molar-refractivity contribution in [2.75, 3.05) is 13.2 Å². The summed E-state index contributed by atoms with van der Waals surface area (Å²) in [6.45, 7) is 7.92. The lowest BCUT2D eigenvalue weighted by Gasteiger charge is -2.12. The summed E-state index contributed by atoms with van der Waals surface area (Å²) in [6.07, 6.45) is -1.08. The molecule has 186 valence electrons. The summed E-state index contributed by atoms with van der Waals surface area (Å²) >= 11 is 0. The standard InChI is InChI=1S/C29H31N3O4/c1-18-5-14-26(19(2)15-18)29-31-27(22-6-10-24(11-7-22)35-16-20(3)33)30-28(32-29)23-8-12-25(13-9-23)36-17-21(4)34/h5-15,20-21,33-34H,16-17H2,1-4H3. The van der Waals surface area contributed by atoms with Gasteiger partial charge in [0.1, 0.15) is 24.7 Å². The Morgan fingerprint density at radius 1 is 0.639 bits per heavy atom. The molecule has 2 atom stereocenters. The topological polar surface area (TPSA) is 97.6 Å². The predicted octanol–water partition coefficient (Wildman–Crippen LogP) is 5.01. The molecule has 2 N–H and O–H groups in total. The van der Waals surface area contributed by atoms with Crippen molar-refractivity contribution >= 4 is 0 Å². The Labute approximate surface area is 211 Å². The monoisotopic (exact) mass is 485 g/mol. The van der Waals surface area contributed by atoms with Crippen LogP contribution in [0.25, 0.3) is 34.2 Å². The van der Waals surface area contributed by atoms with E-state index in [0.29, 0.717) is 29.0 Å². The maximum Gasteiger partial charge on any atom is 0.164 e. The largest absolute Gasteiger partial charge is 0.491 e. The molecule has 0 saturated carbocycles. The van der Waals surface area contributed by atoms with Crippen LogP contribution in [0.1, 0.15) is 25.0 Å². The molecule has 7 nitrogen and oxygen atoms in total. The van der Waals surface area contributed by atoms with Gasteiger partial charge in [0.25, 0.3) is 0 Å². The van der Waals surface area contributed by atoms with Crippen molar-refractivity contribution in [3.8, 4) is 45.7 Å². The van der Waals surface area contributed by atoms with Gasteiger partial charge in [-0.1, -0.05) is 23.8 Å². The summed E-state index contributed by atoms with van der Waals surface area (Å²) in [4.78, 5) is 14.4. The third-order valence-electron chi connectivity index (χ3n) is 5.47. The Balaban J connectivity index is 1.73. The van der Waals surface area contributed by atoms with Gasteiger partial charge in [-0.25, -0.2) is 15.0 Å². The second kappa shape index (κ2) is 11.3. The normalized spacial score (nSPS) is 12.7. The molecule has 4 aromatic rings. The first-order chi connectivity index (χ1) is 17.3. The quantitative estimate of drug-likeness (QED) is 0.344. The Hall–Kier alpha value is -3.81. The van der Waals surface area contributed by atoms with E-state index in [0.717, 1.165) is 22.3 Å². The van der Waals surface area contributed by atoms with Crippen LogP contribution < -0.4 is 9.47 Å². The fourth-order valence-corrected chi connectivity index (χ4v) is 3.65. The zero-order chi connectivity index (χ0) is 25.7. The maximum atomic E-state index is 9.46. The molecule has 0 amide bonds. The van der Waals surface area contributed by atoms with Crippen LogP contribution in [0.4, 0.5) is 0 Å². The Morgan fingerprint density at radius 3 is 1.50 bits per heavy atom. The molecule has 0 bridgehead atoms. The summed E-state index contributed by atoms with van der Waals surface area (Å²) in [5.74, 6) is 3.02. The van der Waals surface area contributed by atoms with Gasteiger partial charge in [0.15, 0.2) is 17.5 Å². The number of aliphatic hydroxyl groups excluding tert-OH is 2. The first kappa shape index (κ1) is 25.3. The van der Waals surface area contributed by atoms with Gasteiger partial charge in [-0.05, 0) is 81.8 Å². The molecule has 2 unspecified atom stereocenters. The lowest BCUT2D eigenvalue weighted by Crippen LogP contribution is -2.12. The van der Waals surface area contributed by atoms with E-state index in [4.69, 9.17) is 24.4 Å². The number of hydrogen-bond donors (Lipinski definition) is 2. The van der Waals surface area contributed by atoms with Gasteiger partial charge in [-0.15, -0.1) is 0 Å². The van der Waals surface area contributed by atoms with E-state index in [1.807, 2.05) is 67.6 Å². The number of aromatic nitrogens is 3. The highest BCUT2D eigenvalue weighted by Gasteiger charge is 2.14. The zero-order valence-electron chi connectivity index (χ0n) is 21.0. The molecule has 1 heterocycles. The summed E-state index contributed by atoms with van der Waals surface area (Å²) in [6, 6.07) is 21.1. The van der Waals surface area contributed by atoms with Crippen LogP contribution in [0.5, 0.6) is 11.5 Å². The number of nitrogens with zero attached hydrogens (tertiary/aromatic N) is 3. The van der Waals surface area contributed by atoms with Gasteiger partial charge in [0.2, 0.25) is 0 Å². The van der Waals surface area contributed by atoms with Crippen LogP contribution in [0.3, 0.4) is 0 Å². The van der Waals surface area contributed by atoms with E-state index in [-0.39, 0.29) is 13.2 Å². The number of aryl methyl sites for hydroxylation is 2. The number of ether oxygens (including phenoxy) is 2. The van der Waals surface area contributed by atoms with E-state index in [1.54, 1.807) is 13.8 Å². The van der Waals surface area contributed by atoms with E-state index in [2.05, 4.69) is 13.0 Å². The van der Waals surface area contributed by atoms with Gasteiger partial charge < -0.3 is 19.7 Å². The molecular formula is C29H31N3O4. The first-order valence-electron chi connectivity index (χ1n) is 11.9. The number of benzene rings is 3. The molecule has 36 heavy (non-hydrogen) atoms. The molecule has 0 radical (unpaired) electrons. The van der Waals surface area contributed by atoms with Gasteiger partial charge in [0, 0.05) is 16.7 Å². The van der Waals surface area contributed by atoms with Crippen molar-refractivity contribution in [2.45, 2.75) is 39.9 Å². The zero-order valence-corrected chi connectivity index (χ0v) is 21.0. The summed E-state index contributed by atoms with van der Waals surface area (Å²) < 4.78 is 11.2. The average Bonchev–Trinajstić information content (AvgIpc) is 2.86. The van der Waals surface area contributed by atoms with Crippen LogP contribution in [-0.4, -0.2) is 50.6 Å². The Bertz CT molecular complexity index is 1230. The SMILES string of the molecule is Cc1ccc(-c2nc(-c3ccc(OCC(C)O)cc3)nc(-c3ccc(OCC(C)O)cc3)n2)c(C)c1. The minimum atomic E-state index is -0.542. The van der Waals surface area contributed by atoms with Gasteiger partial charge in [-0.2, -0.15) is 0 Å². The van der Waals surface area contributed by atoms with Crippen LogP contribution in [-0.2, 0) is 0 Å². The molecule has 1 aromatic heterocycles. The molecule has 0 aliphatic heterocycles. The molecule has 0 fully saturated rings. The van der Waals surface area contributed by atoms with Crippen LogP contribution in [0, 0.1) is 13.8 Å². The van der Waals surface area contributed by atoms with Gasteiger partial charge in [0.05, 0.1) is 12.2 Å². The van der Waals surface area contributed by atoms with Crippen molar-refractivity contribution in [3.05, 3.63) is 77.9 Å². The second-order valence-corrected chi connectivity index (χ2v) is 8.99. The predicted molar refractivity (Wildman–Crippen MR) is 140 cm³/mol. The van der Waals surface area contributed by atoms with Crippen molar-refractivity contribution in [3.63, 3.8) is 0 Å². The summed E-state index contributed by atoms with van der Waals surface area (Å²) in [7, 11) is 0. The Kier molecular flexibility index (Phi) is 7.93. The molecule has 4 rings (SSSR count). The van der Waals surface area contributed by atoms with Crippen molar-refractivity contribution in [2.24, 2.45) is 0 Å². The molecule has 0 saturated heterocycles. The molecule has 0 spiro atoms. The number of rotatable bonds is 9. The average molecular weight is 486 g/mol. The molecular weight excluding hydrogens is 454 g/mol. The Morgan fingerprint density at radius 2 is 1.08 bits per heavy atom. The van der Waals surface area contributed by atoms with Gasteiger partial charge in [-0.3, -0.25) is 0 Å². The van der Waals surface area contributed by atoms with E-state index in [1.165, 1.54) is 5.56 Å². The molecule has 0 aliphatic rings. The number of aliphatic hydroxyl groups is 2. The van der Waals surface area contributed by atoms with Crippen LogP contribution in [0.2, 0.25) is 0 Å². The van der Waals surface area contributed by atoms with Crippen molar-refractivity contribution in [1.29, 1.82) is 0 Å². The minimum Gasteiger partial charge on any atom is -0.491 e. The van der Waals surface area contributed by atoms with Crippen molar-refractivity contribution < 1.29 is 19.7 Å². The molecule has 0 aliphatic carbocycles. The van der Waals surface area contributed by atoms with Crippen LogP contribution >= 0.6 is 0 Å². The van der Waals surface area contributed by atoms with E-state index < -0.39 is 12.2 Å². The summed E-state index contributed by atoms with van der Waals surface area (Å²) in [5.41, 5.74) is 4.85. The highest BCUT2D eigenvalue weighted by molar-refractivity contribution is 5.68. The lowest BCUT2D eigenvalue weighted by molar-refractivity contribution is 0.122. The van der Waals surface area contributed by atoms with E-state index >= 15 is 0 Å². The maximum absolute atomic E-state index is 9.46. The second-order valence-electron chi connectivity index (χ2n) is 8.99. The lowest BCUT2D eigenvalue weighted by atomic mass is 10.0. The first-order valence-corrected chi connectivity index (χ1v) is 11.9. The third kappa shape index (κ3) is 6.44.